The van der Waals surface area contributed by atoms with Crippen molar-refractivity contribution in [3.05, 3.63) is 35.3 Å². The van der Waals surface area contributed by atoms with Gasteiger partial charge < -0.3 is 5.73 Å². The molecule has 0 saturated carbocycles. The van der Waals surface area contributed by atoms with E-state index in [0.29, 0.717) is 17.6 Å². The number of hydrogen-bond acceptors (Lipinski definition) is 5. The summed E-state index contributed by atoms with van der Waals surface area (Å²) in [4.78, 5) is 13.3. The summed E-state index contributed by atoms with van der Waals surface area (Å²) in [5.41, 5.74) is 9.03. The molecule has 3 heterocycles. The lowest BCUT2D eigenvalue weighted by atomic mass is 10.1. The molecule has 3 rings (SSSR count). The van der Waals surface area contributed by atoms with E-state index in [0.717, 1.165) is 22.3 Å². The van der Waals surface area contributed by atoms with Crippen molar-refractivity contribution in [1.82, 2.24) is 15.0 Å². The Hall–Kier alpha value is -2.01. The first-order valence-electron chi connectivity index (χ1n) is 6.60. The number of rotatable bonds is 3. The van der Waals surface area contributed by atoms with Crippen LogP contribution in [0.15, 0.2) is 29.8 Å². The van der Waals surface area contributed by atoms with Gasteiger partial charge in [0.25, 0.3) is 0 Å². The topological polar surface area (TPSA) is 64.7 Å². The van der Waals surface area contributed by atoms with E-state index >= 15 is 0 Å². The zero-order chi connectivity index (χ0) is 14.1. The largest absolute Gasteiger partial charge is 0.382 e. The Balaban J connectivity index is 2.16. The van der Waals surface area contributed by atoms with Crippen LogP contribution >= 0.6 is 11.3 Å². The maximum absolute atomic E-state index is 6.07. The molecule has 0 bridgehead atoms. The van der Waals surface area contributed by atoms with Gasteiger partial charge >= 0.3 is 0 Å². The Labute approximate surface area is 121 Å². The molecule has 0 aliphatic carbocycles. The van der Waals surface area contributed by atoms with Crippen molar-refractivity contribution in [2.45, 2.75) is 20.3 Å². The van der Waals surface area contributed by atoms with E-state index < -0.39 is 0 Å². The first kappa shape index (κ1) is 13.0. The summed E-state index contributed by atoms with van der Waals surface area (Å²) in [5.74, 6) is 1.72. The first-order valence-corrected chi connectivity index (χ1v) is 7.48. The molecule has 0 spiro atoms. The van der Waals surface area contributed by atoms with Crippen molar-refractivity contribution in [3.8, 4) is 11.5 Å². The minimum atomic E-state index is 0.538. The van der Waals surface area contributed by atoms with Crippen LogP contribution in [0.5, 0.6) is 0 Å². The summed E-state index contributed by atoms with van der Waals surface area (Å²) in [7, 11) is 0. The van der Waals surface area contributed by atoms with Crippen molar-refractivity contribution in [1.29, 1.82) is 0 Å². The quantitative estimate of drug-likeness (QED) is 0.799. The smallest absolute Gasteiger partial charge is 0.180 e. The number of nitrogens with two attached hydrogens (primary N) is 1. The molecule has 0 atom stereocenters. The van der Waals surface area contributed by atoms with Crippen molar-refractivity contribution in [2.24, 2.45) is 5.92 Å². The minimum Gasteiger partial charge on any atom is -0.382 e. The Morgan fingerprint density at radius 1 is 1.25 bits per heavy atom. The van der Waals surface area contributed by atoms with Crippen LogP contribution in [0, 0.1) is 5.92 Å². The number of nitrogen functional groups attached to an aromatic ring is 1. The number of nitrogens with zero attached hydrogens (tertiary/aromatic N) is 3. The van der Waals surface area contributed by atoms with Crippen LogP contribution in [-0.4, -0.2) is 15.0 Å². The van der Waals surface area contributed by atoms with Crippen LogP contribution in [0.25, 0.3) is 21.7 Å². The van der Waals surface area contributed by atoms with Gasteiger partial charge in [0.1, 0.15) is 11.5 Å². The molecule has 5 heteroatoms. The second-order valence-corrected chi connectivity index (χ2v) is 6.06. The Morgan fingerprint density at radius 2 is 2.10 bits per heavy atom. The lowest BCUT2D eigenvalue weighted by Crippen LogP contribution is -1.99. The van der Waals surface area contributed by atoms with Gasteiger partial charge in [-0.1, -0.05) is 19.9 Å². The predicted molar refractivity (Wildman–Crippen MR) is 83.6 cm³/mol. The van der Waals surface area contributed by atoms with Crippen molar-refractivity contribution < 1.29 is 0 Å². The zero-order valence-corrected chi connectivity index (χ0v) is 12.3. The third-order valence-electron chi connectivity index (χ3n) is 3.04. The van der Waals surface area contributed by atoms with Crippen molar-refractivity contribution >= 4 is 27.4 Å². The van der Waals surface area contributed by atoms with Crippen LogP contribution in [-0.2, 0) is 6.42 Å². The Kier molecular flexibility index (Phi) is 3.36. The van der Waals surface area contributed by atoms with E-state index in [9.17, 15) is 0 Å². The molecule has 0 amide bonds. The summed E-state index contributed by atoms with van der Waals surface area (Å²) < 4.78 is 0.973. The third kappa shape index (κ3) is 2.36. The summed E-state index contributed by atoms with van der Waals surface area (Å²) in [5, 5.41) is 2.14. The molecular weight excluding hydrogens is 268 g/mol. The SMILES string of the molecule is CC(C)Cc1csc2c(N)nc(-c3ccccn3)nc12. The van der Waals surface area contributed by atoms with Crippen molar-refractivity contribution in [2.75, 3.05) is 5.73 Å². The first-order chi connectivity index (χ1) is 9.65. The van der Waals surface area contributed by atoms with E-state index in [1.54, 1.807) is 17.5 Å². The van der Waals surface area contributed by atoms with E-state index in [-0.39, 0.29) is 0 Å². The van der Waals surface area contributed by atoms with Crippen molar-refractivity contribution in [3.63, 3.8) is 0 Å². The highest BCUT2D eigenvalue weighted by molar-refractivity contribution is 7.17. The van der Waals surface area contributed by atoms with E-state index in [1.165, 1.54) is 5.56 Å². The molecule has 4 nitrogen and oxygen atoms in total. The zero-order valence-electron chi connectivity index (χ0n) is 11.5. The molecule has 102 valence electrons. The molecule has 3 aromatic rings. The van der Waals surface area contributed by atoms with Gasteiger partial charge in [0.2, 0.25) is 0 Å². The van der Waals surface area contributed by atoms with E-state index in [4.69, 9.17) is 5.73 Å². The molecule has 0 fully saturated rings. The van der Waals surface area contributed by atoms with Crippen LogP contribution in [0.4, 0.5) is 5.82 Å². The molecular formula is C15H16N4S. The third-order valence-corrected chi connectivity index (χ3v) is 4.08. The number of hydrogen-bond donors (Lipinski definition) is 1. The molecule has 0 radical (unpaired) electrons. The summed E-state index contributed by atoms with van der Waals surface area (Å²) in [6.45, 7) is 4.40. The standard InChI is InChI=1S/C15H16N4S/c1-9(2)7-10-8-20-13-12(10)18-15(19-14(13)16)11-5-3-4-6-17-11/h3-6,8-9H,7H2,1-2H3,(H2,16,18,19). The van der Waals surface area contributed by atoms with Gasteiger partial charge in [-0.15, -0.1) is 11.3 Å². The predicted octanol–water partition coefficient (Wildman–Crippen LogP) is 3.53. The average Bonchev–Trinajstić information content (AvgIpc) is 2.83. The Bertz CT molecular complexity index is 734. The fourth-order valence-corrected chi connectivity index (χ4v) is 3.10. The second-order valence-electron chi connectivity index (χ2n) is 5.18. The van der Waals surface area contributed by atoms with Gasteiger partial charge in [-0.2, -0.15) is 0 Å². The highest BCUT2D eigenvalue weighted by atomic mass is 32.1. The van der Waals surface area contributed by atoms with Gasteiger partial charge in [0.05, 0.1) is 10.2 Å². The summed E-state index contributed by atoms with van der Waals surface area (Å²) in [6, 6.07) is 5.70. The molecule has 0 unspecified atom stereocenters. The summed E-state index contributed by atoms with van der Waals surface area (Å²) >= 11 is 1.62. The van der Waals surface area contributed by atoms with Gasteiger partial charge in [-0.05, 0) is 35.4 Å². The van der Waals surface area contributed by atoms with E-state index in [1.807, 2.05) is 18.2 Å². The molecule has 0 aromatic carbocycles. The van der Waals surface area contributed by atoms with Gasteiger partial charge in [-0.3, -0.25) is 4.98 Å². The Morgan fingerprint density at radius 3 is 2.80 bits per heavy atom. The minimum absolute atomic E-state index is 0.538. The van der Waals surface area contributed by atoms with Crippen LogP contribution in [0.1, 0.15) is 19.4 Å². The van der Waals surface area contributed by atoms with Crippen LogP contribution in [0.2, 0.25) is 0 Å². The highest BCUT2D eigenvalue weighted by Crippen LogP contribution is 2.31. The number of anilines is 1. The lowest BCUT2D eigenvalue weighted by molar-refractivity contribution is 0.650. The van der Waals surface area contributed by atoms with E-state index in [2.05, 4.69) is 34.2 Å². The summed E-state index contributed by atoms with van der Waals surface area (Å²) in [6.07, 6.45) is 2.74. The number of pyridine rings is 1. The molecule has 2 N–H and O–H groups in total. The van der Waals surface area contributed by atoms with Gasteiger partial charge in [0.15, 0.2) is 5.82 Å². The fourth-order valence-electron chi connectivity index (χ4n) is 2.18. The number of aromatic nitrogens is 3. The van der Waals surface area contributed by atoms with Crippen LogP contribution in [0.3, 0.4) is 0 Å². The maximum atomic E-state index is 6.07. The highest BCUT2D eigenvalue weighted by Gasteiger charge is 2.14. The maximum Gasteiger partial charge on any atom is 0.180 e. The molecule has 0 saturated heterocycles. The second kappa shape index (κ2) is 5.17. The lowest BCUT2D eigenvalue weighted by Gasteiger charge is -2.05. The molecule has 0 aliphatic heterocycles. The van der Waals surface area contributed by atoms with Crippen LogP contribution < -0.4 is 5.73 Å². The number of fused-ring (bicyclic) bond motifs is 1. The normalized spacial score (nSPS) is 11.3. The molecule has 0 aliphatic rings. The van der Waals surface area contributed by atoms with Gasteiger partial charge in [-0.25, -0.2) is 9.97 Å². The van der Waals surface area contributed by atoms with Gasteiger partial charge in [0, 0.05) is 6.20 Å². The molecule has 20 heavy (non-hydrogen) atoms. The number of thiophene rings is 1. The molecule has 3 aromatic heterocycles. The monoisotopic (exact) mass is 284 g/mol. The average molecular weight is 284 g/mol. The fraction of sp³-hybridized carbons (Fsp3) is 0.267.